The molecule has 0 aliphatic carbocycles. The van der Waals surface area contributed by atoms with Gasteiger partial charge in [-0.2, -0.15) is 0 Å². The smallest absolute Gasteiger partial charge is 0.247 e. The van der Waals surface area contributed by atoms with E-state index in [1.165, 1.54) is 0 Å². The lowest BCUT2D eigenvalue weighted by Crippen LogP contribution is -2.23. The number of amides is 1. The molecule has 3 aromatic rings. The van der Waals surface area contributed by atoms with Gasteiger partial charge >= 0.3 is 0 Å². The maximum absolute atomic E-state index is 12.7. The van der Waals surface area contributed by atoms with Crippen LogP contribution in [0.1, 0.15) is 13.0 Å². The number of ether oxygens (including phenoxy) is 2. The van der Waals surface area contributed by atoms with E-state index in [1.807, 2.05) is 35.9 Å². The predicted molar refractivity (Wildman–Crippen MR) is 105 cm³/mol. The third-order valence-electron chi connectivity index (χ3n) is 4.16. The first-order chi connectivity index (χ1) is 12.4. The Bertz CT molecular complexity index is 949. The number of nitrogens with zero attached hydrogens (tertiary/aromatic N) is 1. The number of carbonyl (C=O) groups is 1. The second-order valence-electron chi connectivity index (χ2n) is 5.81. The molecule has 1 aromatic heterocycles. The molecule has 1 amide bonds. The number of aromatic nitrogens is 1. The van der Waals surface area contributed by atoms with Crippen molar-refractivity contribution in [3.8, 4) is 11.5 Å². The number of nitrogens with one attached hydrogen (secondary N) is 1. The molecule has 1 N–H and O–H groups in total. The van der Waals surface area contributed by atoms with Crippen LogP contribution in [0.2, 0.25) is 10.0 Å². The van der Waals surface area contributed by atoms with Crippen molar-refractivity contribution in [2.24, 2.45) is 0 Å². The Balaban J connectivity index is 1.93. The van der Waals surface area contributed by atoms with Gasteiger partial charge in [-0.25, -0.2) is 0 Å². The van der Waals surface area contributed by atoms with Crippen molar-refractivity contribution >= 4 is 45.7 Å². The Morgan fingerprint density at radius 1 is 1.08 bits per heavy atom. The van der Waals surface area contributed by atoms with Gasteiger partial charge in [-0.05, 0) is 31.2 Å². The van der Waals surface area contributed by atoms with Gasteiger partial charge in [0.1, 0.15) is 17.5 Å². The molecule has 136 valence electrons. The molecule has 0 saturated heterocycles. The molecule has 0 aliphatic heterocycles. The summed E-state index contributed by atoms with van der Waals surface area (Å²) in [5.41, 5.74) is 1.39. The van der Waals surface area contributed by atoms with Crippen molar-refractivity contribution in [3.05, 3.63) is 52.6 Å². The summed E-state index contributed by atoms with van der Waals surface area (Å²) in [6.07, 6.45) is 1.85. The van der Waals surface area contributed by atoms with Crippen LogP contribution in [0.4, 0.5) is 5.69 Å². The molecule has 1 unspecified atom stereocenters. The van der Waals surface area contributed by atoms with E-state index < -0.39 is 6.04 Å². The van der Waals surface area contributed by atoms with E-state index in [2.05, 4.69) is 5.32 Å². The Hall–Kier alpha value is -2.37. The summed E-state index contributed by atoms with van der Waals surface area (Å²) in [7, 11) is 3.19. The number of anilines is 1. The van der Waals surface area contributed by atoms with Gasteiger partial charge in [0.15, 0.2) is 0 Å². The largest absolute Gasteiger partial charge is 0.497 e. The molecule has 7 heteroatoms. The lowest BCUT2D eigenvalue weighted by Gasteiger charge is -2.16. The van der Waals surface area contributed by atoms with Crippen LogP contribution in [-0.4, -0.2) is 24.7 Å². The fraction of sp³-hybridized carbons (Fsp3) is 0.211. The summed E-state index contributed by atoms with van der Waals surface area (Å²) in [5, 5.41) is 4.66. The van der Waals surface area contributed by atoms with Crippen LogP contribution in [-0.2, 0) is 4.79 Å². The number of halogens is 2. The maximum atomic E-state index is 12.7. The minimum atomic E-state index is -0.470. The number of carbonyl (C=O) groups excluding carboxylic acids is 1. The Labute approximate surface area is 161 Å². The Kier molecular flexibility index (Phi) is 5.30. The number of fused-ring (bicyclic) bond motifs is 1. The van der Waals surface area contributed by atoms with E-state index in [0.717, 1.165) is 10.9 Å². The quantitative estimate of drug-likeness (QED) is 0.651. The summed E-state index contributed by atoms with van der Waals surface area (Å²) < 4.78 is 12.6. The van der Waals surface area contributed by atoms with Crippen LogP contribution < -0.4 is 14.8 Å². The summed E-state index contributed by atoms with van der Waals surface area (Å²) in [6, 6.07) is 10.0. The van der Waals surface area contributed by atoms with Crippen LogP contribution in [0.5, 0.6) is 11.5 Å². The van der Waals surface area contributed by atoms with Crippen molar-refractivity contribution < 1.29 is 14.3 Å². The van der Waals surface area contributed by atoms with Crippen LogP contribution in [0.3, 0.4) is 0 Å². The predicted octanol–water partition coefficient (Wildman–Crippen LogP) is 5.17. The van der Waals surface area contributed by atoms with Gasteiger partial charge < -0.3 is 19.4 Å². The molecule has 0 aliphatic rings. The maximum Gasteiger partial charge on any atom is 0.247 e. The highest BCUT2D eigenvalue weighted by Crippen LogP contribution is 2.33. The van der Waals surface area contributed by atoms with E-state index in [-0.39, 0.29) is 5.91 Å². The minimum absolute atomic E-state index is 0.192. The van der Waals surface area contributed by atoms with Crippen LogP contribution in [0.15, 0.2) is 42.6 Å². The topological polar surface area (TPSA) is 52.5 Å². The molecule has 26 heavy (non-hydrogen) atoms. The molecule has 0 spiro atoms. The third-order valence-corrected chi connectivity index (χ3v) is 4.59. The lowest BCUT2D eigenvalue weighted by molar-refractivity contribution is -0.118. The molecular weight excluding hydrogens is 375 g/mol. The number of rotatable bonds is 5. The van der Waals surface area contributed by atoms with Crippen molar-refractivity contribution in [1.82, 2.24) is 4.57 Å². The summed E-state index contributed by atoms with van der Waals surface area (Å²) in [5.74, 6) is 1.15. The van der Waals surface area contributed by atoms with Gasteiger partial charge in [0.05, 0.1) is 19.7 Å². The van der Waals surface area contributed by atoms with Crippen molar-refractivity contribution in [2.45, 2.75) is 13.0 Å². The van der Waals surface area contributed by atoms with Gasteiger partial charge in [-0.3, -0.25) is 4.79 Å². The van der Waals surface area contributed by atoms with Crippen molar-refractivity contribution in [1.29, 1.82) is 0 Å². The number of methoxy groups -OCH3 is 2. The molecule has 5 nitrogen and oxygen atoms in total. The summed E-state index contributed by atoms with van der Waals surface area (Å²) in [4.78, 5) is 12.7. The second kappa shape index (κ2) is 7.48. The molecule has 0 bridgehead atoms. The van der Waals surface area contributed by atoms with Gasteiger partial charge in [-0.15, -0.1) is 0 Å². The van der Waals surface area contributed by atoms with Gasteiger partial charge in [0.25, 0.3) is 0 Å². The minimum Gasteiger partial charge on any atom is -0.497 e. The number of benzene rings is 2. The fourth-order valence-corrected chi connectivity index (χ4v) is 3.35. The van der Waals surface area contributed by atoms with Crippen LogP contribution in [0, 0.1) is 0 Å². The van der Waals surface area contributed by atoms with Crippen LogP contribution >= 0.6 is 23.2 Å². The fourth-order valence-electron chi connectivity index (χ4n) is 2.83. The van der Waals surface area contributed by atoms with Gasteiger partial charge in [0, 0.05) is 39.4 Å². The highest BCUT2D eigenvalue weighted by Gasteiger charge is 2.19. The standard InChI is InChI=1S/C19H18Cl2N2O3/c1-11(19(24)22-14-7-12(20)6-13(21)8-14)23-5-4-16-17(23)9-15(25-2)10-18(16)26-3/h4-11H,1-3H3,(H,22,24). The first kappa shape index (κ1) is 18.4. The molecule has 0 radical (unpaired) electrons. The highest BCUT2D eigenvalue weighted by molar-refractivity contribution is 6.35. The monoisotopic (exact) mass is 392 g/mol. The molecule has 0 fully saturated rings. The number of hydrogen-bond donors (Lipinski definition) is 1. The SMILES string of the molecule is COc1cc(OC)c2ccn(C(C)C(=O)Nc3cc(Cl)cc(Cl)c3)c2c1. The molecule has 1 atom stereocenters. The molecule has 2 aromatic carbocycles. The molecule has 0 saturated carbocycles. The zero-order chi connectivity index (χ0) is 18.8. The van der Waals surface area contributed by atoms with Gasteiger partial charge in [-0.1, -0.05) is 23.2 Å². The van der Waals surface area contributed by atoms with Crippen molar-refractivity contribution in [2.75, 3.05) is 19.5 Å². The van der Waals surface area contributed by atoms with Crippen LogP contribution in [0.25, 0.3) is 10.9 Å². The average Bonchev–Trinajstić information content (AvgIpc) is 3.02. The molecule has 3 rings (SSSR count). The molecular formula is C19H18Cl2N2O3. The normalized spacial score (nSPS) is 12.0. The summed E-state index contributed by atoms with van der Waals surface area (Å²) in [6.45, 7) is 1.81. The second-order valence-corrected chi connectivity index (χ2v) is 6.68. The van der Waals surface area contributed by atoms with E-state index in [4.69, 9.17) is 32.7 Å². The lowest BCUT2D eigenvalue weighted by atomic mass is 10.2. The van der Waals surface area contributed by atoms with E-state index in [1.54, 1.807) is 32.4 Å². The Morgan fingerprint density at radius 2 is 1.77 bits per heavy atom. The third kappa shape index (κ3) is 3.59. The van der Waals surface area contributed by atoms with E-state index in [0.29, 0.717) is 27.2 Å². The Morgan fingerprint density at radius 3 is 2.38 bits per heavy atom. The zero-order valence-electron chi connectivity index (χ0n) is 14.5. The zero-order valence-corrected chi connectivity index (χ0v) is 16.1. The average molecular weight is 393 g/mol. The van der Waals surface area contributed by atoms with E-state index in [9.17, 15) is 4.79 Å². The van der Waals surface area contributed by atoms with Crippen molar-refractivity contribution in [3.63, 3.8) is 0 Å². The number of hydrogen-bond acceptors (Lipinski definition) is 3. The van der Waals surface area contributed by atoms with E-state index >= 15 is 0 Å². The van der Waals surface area contributed by atoms with Gasteiger partial charge in [0.2, 0.25) is 5.91 Å². The first-order valence-electron chi connectivity index (χ1n) is 7.92. The first-order valence-corrected chi connectivity index (χ1v) is 8.68. The highest BCUT2D eigenvalue weighted by atomic mass is 35.5. The molecule has 1 heterocycles. The summed E-state index contributed by atoms with van der Waals surface area (Å²) >= 11 is 12.0.